The third-order valence-electron chi connectivity index (χ3n) is 3.61. The molecule has 0 aliphatic rings. The summed E-state index contributed by atoms with van der Waals surface area (Å²) in [5.74, 6) is -3.25. The number of ether oxygens (including phenoxy) is 1. The molecule has 146 valence electrons. The molecule has 0 saturated heterocycles. The first-order valence-corrected chi connectivity index (χ1v) is 8.37. The Bertz CT molecular complexity index is 1010. The molecule has 3 rings (SSSR count). The van der Waals surface area contributed by atoms with E-state index in [0.29, 0.717) is 11.4 Å². The van der Waals surface area contributed by atoms with Crippen molar-refractivity contribution in [2.24, 2.45) is 5.73 Å². The molecule has 0 aliphatic carbocycles. The van der Waals surface area contributed by atoms with Crippen molar-refractivity contribution in [3.63, 3.8) is 0 Å². The van der Waals surface area contributed by atoms with Gasteiger partial charge in [-0.15, -0.1) is 5.10 Å². The zero-order valence-corrected chi connectivity index (χ0v) is 15.0. The van der Waals surface area contributed by atoms with Gasteiger partial charge in [-0.05, 0) is 18.2 Å². The van der Waals surface area contributed by atoms with Crippen LogP contribution in [0, 0.1) is 11.6 Å². The lowest BCUT2D eigenvalue weighted by Gasteiger charge is -2.08. The molecule has 11 heteroatoms. The highest BCUT2D eigenvalue weighted by molar-refractivity contribution is 6.30. The van der Waals surface area contributed by atoms with Crippen LogP contribution in [0.5, 0.6) is 11.6 Å². The molecule has 0 fully saturated rings. The van der Waals surface area contributed by atoms with Crippen LogP contribution in [0.15, 0.2) is 36.7 Å². The van der Waals surface area contributed by atoms with E-state index in [1.165, 1.54) is 29.2 Å². The summed E-state index contributed by atoms with van der Waals surface area (Å²) in [6, 6.07) is 4.29. The van der Waals surface area contributed by atoms with Crippen LogP contribution in [0.3, 0.4) is 0 Å². The van der Waals surface area contributed by atoms with Crippen molar-refractivity contribution in [3.05, 3.63) is 59.0 Å². The maximum absolute atomic E-state index is 14.3. The van der Waals surface area contributed by atoms with E-state index in [9.17, 15) is 13.6 Å². The maximum atomic E-state index is 14.3. The standard InChI is InChI=1S/C17H14ClF2N5O3/c18-9-3-14(20)17(22-7-9)28-15-2-1-12(6-13(15)19)25-8-11(23-24-25)4-10(21)5-16(26)27/h1-3,6-8,10H,4-5,21H2,(H,26,27). The lowest BCUT2D eigenvalue weighted by Crippen LogP contribution is -2.26. The Morgan fingerprint density at radius 1 is 1.32 bits per heavy atom. The van der Waals surface area contributed by atoms with Gasteiger partial charge in [0.15, 0.2) is 17.4 Å². The van der Waals surface area contributed by atoms with Crippen LogP contribution < -0.4 is 10.5 Å². The predicted octanol–water partition coefficient (Wildman–Crippen LogP) is 2.73. The summed E-state index contributed by atoms with van der Waals surface area (Å²) in [5.41, 5.74) is 6.51. The number of halogens is 3. The van der Waals surface area contributed by atoms with Crippen molar-refractivity contribution >= 4 is 17.6 Å². The van der Waals surface area contributed by atoms with E-state index in [2.05, 4.69) is 15.3 Å². The number of nitrogens with two attached hydrogens (primary N) is 1. The SMILES string of the molecule is NC(CC(=O)O)Cc1cn(-c2ccc(Oc3ncc(Cl)cc3F)c(F)c2)nn1. The fourth-order valence-corrected chi connectivity index (χ4v) is 2.52. The molecule has 8 nitrogen and oxygen atoms in total. The van der Waals surface area contributed by atoms with Gasteiger partial charge in [-0.3, -0.25) is 4.79 Å². The summed E-state index contributed by atoms with van der Waals surface area (Å²) in [4.78, 5) is 14.3. The van der Waals surface area contributed by atoms with E-state index >= 15 is 0 Å². The van der Waals surface area contributed by atoms with E-state index in [0.717, 1.165) is 12.1 Å². The molecule has 2 aromatic heterocycles. The van der Waals surface area contributed by atoms with Crippen molar-refractivity contribution in [1.29, 1.82) is 0 Å². The number of aliphatic carboxylic acids is 1. The Kier molecular flexibility index (Phi) is 5.81. The van der Waals surface area contributed by atoms with Crippen LogP contribution >= 0.6 is 11.6 Å². The Morgan fingerprint density at radius 3 is 2.79 bits per heavy atom. The number of benzene rings is 1. The fraction of sp³-hybridized carbons (Fsp3) is 0.176. The Morgan fingerprint density at radius 2 is 2.11 bits per heavy atom. The first-order chi connectivity index (χ1) is 13.3. The average molecular weight is 410 g/mol. The molecule has 0 amide bonds. The van der Waals surface area contributed by atoms with Gasteiger partial charge in [-0.25, -0.2) is 18.4 Å². The first-order valence-electron chi connectivity index (χ1n) is 7.99. The van der Waals surface area contributed by atoms with Gasteiger partial charge in [0.1, 0.15) is 0 Å². The number of hydrogen-bond donors (Lipinski definition) is 2. The smallest absolute Gasteiger partial charge is 0.304 e. The molecule has 1 aromatic carbocycles. The topological polar surface area (TPSA) is 116 Å². The number of carbonyl (C=O) groups is 1. The van der Waals surface area contributed by atoms with E-state index in [1.54, 1.807) is 0 Å². The monoisotopic (exact) mass is 409 g/mol. The summed E-state index contributed by atoms with van der Waals surface area (Å²) < 4.78 is 34.5. The van der Waals surface area contributed by atoms with Crippen molar-refractivity contribution in [2.75, 3.05) is 0 Å². The quantitative estimate of drug-likeness (QED) is 0.616. The molecule has 0 bridgehead atoms. The summed E-state index contributed by atoms with van der Waals surface area (Å²) in [6.07, 6.45) is 2.69. The maximum Gasteiger partial charge on any atom is 0.304 e. The van der Waals surface area contributed by atoms with Gasteiger partial charge in [-0.1, -0.05) is 16.8 Å². The van der Waals surface area contributed by atoms with Gasteiger partial charge < -0.3 is 15.6 Å². The zero-order chi connectivity index (χ0) is 20.3. The second-order valence-electron chi connectivity index (χ2n) is 5.87. The lowest BCUT2D eigenvalue weighted by atomic mass is 10.1. The molecule has 28 heavy (non-hydrogen) atoms. The number of aromatic nitrogens is 4. The summed E-state index contributed by atoms with van der Waals surface area (Å²) >= 11 is 5.61. The van der Waals surface area contributed by atoms with Crippen LogP contribution in [-0.2, 0) is 11.2 Å². The van der Waals surface area contributed by atoms with Gasteiger partial charge in [-0.2, -0.15) is 0 Å². The molecule has 3 N–H and O–H groups in total. The largest absolute Gasteiger partial charge is 0.481 e. The summed E-state index contributed by atoms with van der Waals surface area (Å²) in [6.45, 7) is 0. The van der Waals surface area contributed by atoms with Crippen molar-refractivity contribution in [2.45, 2.75) is 18.9 Å². The molecule has 0 saturated carbocycles. The molecular weight excluding hydrogens is 396 g/mol. The van der Waals surface area contributed by atoms with E-state index in [4.69, 9.17) is 27.2 Å². The van der Waals surface area contributed by atoms with Gasteiger partial charge in [0.25, 0.3) is 5.88 Å². The van der Waals surface area contributed by atoms with Crippen molar-refractivity contribution in [3.8, 4) is 17.3 Å². The molecule has 1 atom stereocenters. The first kappa shape index (κ1) is 19.6. The zero-order valence-electron chi connectivity index (χ0n) is 14.2. The molecule has 1 unspecified atom stereocenters. The minimum absolute atomic E-state index is 0.0886. The van der Waals surface area contributed by atoms with Crippen LogP contribution in [0.4, 0.5) is 8.78 Å². The third-order valence-corrected chi connectivity index (χ3v) is 3.82. The molecule has 0 aliphatic heterocycles. The highest BCUT2D eigenvalue weighted by Crippen LogP contribution is 2.27. The van der Waals surface area contributed by atoms with E-state index in [-0.39, 0.29) is 23.6 Å². The Labute approximate surface area is 162 Å². The highest BCUT2D eigenvalue weighted by atomic mass is 35.5. The van der Waals surface area contributed by atoms with Crippen LogP contribution in [-0.4, -0.2) is 37.1 Å². The van der Waals surface area contributed by atoms with Crippen molar-refractivity contribution < 1.29 is 23.4 Å². The van der Waals surface area contributed by atoms with Crippen LogP contribution in [0.1, 0.15) is 12.1 Å². The molecule has 0 spiro atoms. The fourth-order valence-electron chi connectivity index (χ4n) is 2.38. The average Bonchev–Trinajstić information content (AvgIpc) is 3.06. The lowest BCUT2D eigenvalue weighted by molar-refractivity contribution is -0.137. The highest BCUT2D eigenvalue weighted by Gasteiger charge is 2.14. The number of carboxylic acids is 1. The number of rotatable bonds is 7. The second-order valence-corrected chi connectivity index (χ2v) is 6.31. The summed E-state index contributed by atoms with van der Waals surface area (Å²) in [7, 11) is 0. The molecule has 0 radical (unpaired) electrons. The van der Waals surface area contributed by atoms with Crippen LogP contribution in [0.25, 0.3) is 5.69 Å². The minimum Gasteiger partial charge on any atom is -0.481 e. The number of nitrogens with zero attached hydrogens (tertiary/aromatic N) is 4. The number of hydrogen-bond acceptors (Lipinski definition) is 6. The van der Waals surface area contributed by atoms with Gasteiger partial charge in [0.2, 0.25) is 0 Å². The minimum atomic E-state index is -1.01. The predicted molar refractivity (Wildman–Crippen MR) is 94.5 cm³/mol. The van der Waals surface area contributed by atoms with E-state index in [1.807, 2.05) is 0 Å². The molecule has 2 heterocycles. The van der Waals surface area contributed by atoms with Crippen LogP contribution in [0.2, 0.25) is 5.02 Å². The van der Waals surface area contributed by atoms with Gasteiger partial charge in [0, 0.05) is 24.7 Å². The van der Waals surface area contributed by atoms with Crippen molar-refractivity contribution in [1.82, 2.24) is 20.0 Å². The number of carboxylic acid groups (broad SMARTS) is 1. The number of pyridine rings is 1. The molecular formula is C17H14ClF2N5O3. The normalized spacial score (nSPS) is 12.0. The molecule has 3 aromatic rings. The third kappa shape index (κ3) is 4.78. The van der Waals surface area contributed by atoms with Gasteiger partial charge >= 0.3 is 5.97 Å². The van der Waals surface area contributed by atoms with E-state index < -0.39 is 29.5 Å². The van der Waals surface area contributed by atoms with Gasteiger partial charge in [0.05, 0.1) is 29.0 Å². The second kappa shape index (κ2) is 8.28. The Balaban J connectivity index is 1.74. The summed E-state index contributed by atoms with van der Waals surface area (Å²) in [5, 5.41) is 16.6. The Hall–Kier alpha value is -3.11.